The number of aldehydes is 1. The molecule has 0 atom stereocenters. The molecule has 0 N–H and O–H groups in total. The molecule has 0 aliphatic carbocycles. The Hall–Kier alpha value is -1.11. The summed E-state index contributed by atoms with van der Waals surface area (Å²) in [6.07, 6.45) is 4.75. The average Bonchev–Trinajstić information content (AvgIpc) is 2.28. The van der Waals surface area contributed by atoms with Gasteiger partial charge >= 0.3 is 0 Å². The van der Waals surface area contributed by atoms with Crippen LogP contribution in [0.15, 0.2) is 30.3 Å². The van der Waals surface area contributed by atoms with Crippen LogP contribution in [0.25, 0.3) is 0 Å². The van der Waals surface area contributed by atoms with Crippen molar-refractivity contribution in [3.63, 3.8) is 0 Å². The lowest BCUT2D eigenvalue weighted by Crippen LogP contribution is -1.82. The van der Waals surface area contributed by atoms with Crippen molar-refractivity contribution in [3.8, 4) is 0 Å². The van der Waals surface area contributed by atoms with Gasteiger partial charge in [-0.2, -0.15) is 0 Å². The van der Waals surface area contributed by atoms with E-state index < -0.39 is 0 Å². The predicted molar refractivity (Wildman–Crippen MR) is 66.0 cm³/mol. The van der Waals surface area contributed by atoms with Gasteiger partial charge in [0.25, 0.3) is 0 Å². The molecule has 0 fully saturated rings. The highest BCUT2D eigenvalue weighted by Crippen LogP contribution is 2.03. The second kappa shape index (κ2) is 9.45. The third-order valence-corrected chi connectivity index (χ3v) is 1.93. The zero-order chi connectivity index (χ0) is 11.5. The Morgan fingerprint density at radius 3 is 2.13 bits per heavy atom. The zero-order valence-electron chi connectivity index (χ0n) is 10.1. The van der Waals surface area contributed by atoms with Crippen molar-refractivity contribution < 1.29 is 4.79 Å². The summed E-state index contributed by atoms with van der Waals surface area (Å²) < 4.78 is 0. The molecule has 0 aromatic heterocycles. The van der Waals surface area contributed by atoms with Crippen LogP contribution < -0.4 is 0 Å². The van der Waals surface area contributed by atoms with Crippen molar-refractivity contribution in [1.29, 1.82) is 0 Å². The van der Waals surface area contributed by atoms with Crippen LogP contribution in [-0.4, -0.2) is 6.29 Å². The molecule has 0 bridgehead atoms. The van der Waals surface area contributed by atoms with E-state index in [9.17, 15) is 4.79 Å². The Kier molecular flexibility index (Phi) is 8.75. The summed E-state index contributed by atoms with van der Waals surface area (Å²) in [6, 6.07) is 10.6. The van der Waals surface area contributed by atoms with E-state index in [4.69, 9.17) is 0 Å². The highest BCUT2D eigenvalue weighted by atomic mass is 16.1. The Morgan fingerprint density at radius 1 is 1.20 bits per heavy atom. The Bertz CT molecular complexity index is 239. The number of benzene rings is 1. The minimum Gasteiger partial charge on any atom is -0.303 e. The molecule has 1 heteroatoms. The molecule has 84 valence electrons. The highest BCUT2D eigenvalue weighted by Gasteiger charge is 1.87. The van der Waals surface area contributed by atoms with Gasteiger partial charge in [0.15, 0.2) is 0 Å². The molecule has 0 saturated carbocycles. The first-order valence-electron chi connectivity index (χ1n) is 5.70. The first-order valence-corrected chi connectivity index (χ1v) is 5.70. The van der Waals surface area contributed by atoms with Gasteiger partial charge in [-0.05, 0) is 18.4 Å². The van der Waals surface area contributed by atoms with E-state index >= 15 is 0 Å². The average molecular weight is 206 g/mol. The molecule has 0 unspecified atom stereocenters. The van der Waals surface area contributed by atoms with Crippen LogP contribution in [0.1, 0.15) is 39.2 Å². The van der Waals surface area contributed by atoms with Gasteiger partial charge in [-0.25, -0.2) is 0 Å². The molecular weight excluding hydrogens is 184 g/mol. The number of rotatable bonds is 4. The normalized spacial score (nSPS) is 9.33. The molecule has 0 saturated heterocycles. The van der Waals surface area contributed by atoms with Crippen molar-refractivity contribution in [3.05, 3.63) is 35.9 Å². The highest BCUT2D eigenvalue weighted by molar-refractivity contribution is 5.51. The molecule has 15 heavy (non-hydrogen) atoms. The molecule has 1 aromatic rings. The van der Waals surface area contributed by atoms with E-state index in [1.54, 1.807) is 0 Å². The summed E-state index contributed by atoms with van der Waals surface area (Å²) in [5.74, 6) is 0.204. The lowest BCUT2D eigenvalue weighted by molar-refractivity contribution is -0.110. The predicted octanol–water partition coefficient (Wildman–Crippen LogP) is 3.87. The molecule has 0 aliphatic rings. The van der Waals surface area contributed by atoms with Crippen LogP contribution in [-0.2, 0) is 11.2 Å². The van der Waals surface area contributed by atoms with Crippen LogP contribution in [0, 0.1) is 5.92 Å². The van der Waals surface area contributed by atoms with Crippen molar-refractivity contribution in [1.82, 2.24) is 0 Å². The number of hydrogen-bond donors (Lipinski definition) is 0. The van der Waals surface area contributed by atoms with E-state index in [1.807, 2.05) is 13.8 Å². The van der Waals surface area contributed by atoms with E-state index in [0.29, 0.717) is 0 Å². The summed E-state index contributed by atoms with van der Waals surface area (Å²) in [4.78, 5) is 9.50. The standard InChI is InChI=1S/C10H14.C4H8O/c1-2-3-7-10-8-5-4-6-9-10;1-4(2)3-5/h4-6,8-9H,2-3,7H2,1H3;3-4H,1-2H3. The van der Waals surface area contributed by atoms with Crippen molar-refractivity contribution >= 4 is 6.29 Å². The topological polar surface area (TPSA) is 17.1 Å². The minimum atomic E-state index is 0.204. The summed E-state index contributed by atoms with van der Waals surface area (Å²) in [6.45, 7) is 5.93. The van der Waals surface area contributed by atoms with Crippen LogP contribution in [0.3, 0.4) is 0 Å². The third-order valence-electron chi connectivity index (χ3n) is 1.93. The Labute approximate surface area is 93.5 Å². The zero-order valence-corrected chi connectivity index (χ0v) is 10.1. The second-order valence-electron chi connectivity index (χ2n) is 3.97. The van der Waals surface area contributed by atoms with Crippen LogP contribution in [0.2, 0.25) is 0 Å². The van der Waals surface area contributed by atoms with Crippen molar-refractivity contribution in [2.45, 2.75) is 40.0 Å². The third kappa shape index (κ3) is 9.20. The molecule has 0 spiro atoms. The molecular formula is C14H22O. The van der Waals surface area contributed by atoms with Gasteiger partial charge in [-0.15, -0.1) is 0 Å². The lowest BCUT2D eigenvalue weighted by Gasteiger charge is -1.96. The maximum atomic E-state index is 9.50. The van der Waals surface area contributed by atoms with Crippen LogP contribution in [0.4, 0.5) is 0 Å². The maximum Gasteiger partial charge on any atom is 0.122 e. The molecule has 1 rings (SSSR count). The maximum absolute atomic E-state index is 9.50. The molecule has 0 radical (unpaired) electrons. The largest absolute Gasteiger partial charge is 0.303 e. The number of carbonyl (C=O) groups excluding carboxylic acids is 1. The monoisotopic (exact) mass is 206 g/mol. The van der Waals surface area contributed by atoms with Gasteiger partial charge < -0.3 is 4.79 Å². The number of hydrogen-bond acceptors (Lipinski definition) is 1. The van der Waals surface area contributed by atoms with Crippen molar-refractivity contribution in [2.75, 3.05) is 0 Å². The van der Waals surface area contributed by atoms with Gasteiger partial charge in [-0.1, -0.05) is 57.5 Å². The lowest BCUT2D eigenvalue weighted by atomic mass is 10.1. The van der Waals surface area contributed by atoms with Gasteiger partial charge in [0.2, 0.25) is 0 Å². The van der Waals surface area contributed by atoms with Crippen LogP contribution >= 0.6 is 0 Å². The van der Waals surface area contributed by atoms with E-state index in [0.717, 1.165) is 6.29 Å². The number of aryl methyl sites for hydroxylation is 1. The smallest absolute Gasteiger partial charge is 0.122 e. The summed E-state index contributed by atoms with van der Waals surface area (Å²) in [5, 5.41) is 0. The summed E-state index contributed by atoms with van der Waals surface area (Å²) >= 11 is 0. The molecule has 1 nitrogen and oxygen atoms in total. The van der Waals surface area contributed by atoms with Gasteiger partial charge in [0.05, 0.1) is 0 Å². The van der Waals surface area contributed by atoms with Gasteiger partial charge in [0.1, 0.15) is 6.29 Å². The second-order valence-corrected chi connectivity index (χ2v) is 3.97. The fourth-order valence-electron chi connectivity index (χ4n) is 1.03. The minimum absolute atomic E-state index is 0.204. The number of carbonyl (C=O) groups is 1. The molecule has 0 aliphatic heterocycles. The molecule has 1 aromatic carbocycles. The molecule has 0 heterocycles. The van der Waals surface area contributed by atoms with E-state index in [-0.39, 0.29) is 5.92 Å². The van der Waals surface area contributed by atoms with E-state index in [1.165, 1.54) is 24.8 Å². The quantitative estimate of drug-likeness (QED) is 0.683. The fraction of sp³-hybridized carbons (Fsp3) is 0.500. The first-order chi connectivity index (χ1) is 7.20. The van der Waals surface area contributed by atoms with E-state index in [2.05, 4.69) is 37.3 Å². The molecule has 0 amide bonds. The SMILES string of the molecule is CC(C)C=O.CCCCc1ccccc1. The Balaban J connectivity index is 0.000000336. The van der Waals surface area contributed by atoms with Gasteiger partial charge in [-0.3, -0.25) is 0 Å². The fourth-order valence-corrected chi connectivity index (χ4v) is 1.03. The summed E-state index contributed by atoms with van der Waals surface area (Å²) in [5.41, 5.74) is 1.46. The van der Waals surface area contributed by atoms with Crippen LogP contribution in [0.5, 0.6) is 0 Å². The Morgan fingerprint density at radius 2 is 1.73 bits per heavy atom. The first kappa shape index (κ1) is 13.9. The van der Waals surface area contributed by atoms with Crippen molar-refractivity contribution in [2.24, 2.45) is 5.92 Å². The number of unbranched alkanes of at least 4 members (excludes halogenated alkanes) is 1. The summed E-state index contributed by atoms with van der Waals surface area (Å²) in [7, 11) is 0. The van der Waals surface area contributed by atoms with Gasteiger partial charge in [0, 0.05) is 5.92 Å².